The van der Waals surface area contributed by atoms with E-state index in [4.69, 9.17) is 10.3 Å². The minimum Gasteiger partial charge on any atom is -0.461 e. The van der Waals surface area contributed by atoms with Crippen molar-refractivity contribution in [2.45, 2.75) is 11.7 Å². The van der Waals surface area contributed by atoms with E-state index in [1.165, 1.54) is 22.7 Å². The lowest BCUT2D eigenvalue weighted by atomic mass is 10.3. The van der Waals surface area contributed by atoms with Gasteiger partial charge in [-0.3, -0.25) is 4.79 Å². The number of thioether (sulfide) groups is 1. The van der Waals surface area contributed by atoms with Crippen LogP contribution in [0.15, 0.2) is 52.2 Å². The lowest BCUT2D eigenvalue weighted by Gasteiger charge is -2.15. The zero-order valence-corrected chi connectivity index (χ0v) is 16.0. The fourth-order valence-electron chi connectivity index (χ4n) is 2.46. The maximum Gasteiger partial charge on any atom is 0.233 e. The molecule has 138 valence electrons. The lowest BCUT2D eigenvalue weighted by Crippen LogP contribution is -2.28. The van der Waals surface area contributed by atoms with E-state index < -0.39 is 0 Å². The van der Waals surface area contributed by atoms with Crippen LogP contribution in [0.3, 0.4) is 0 Å². The number of furan rings is 1. The van der Waals surface area contributed by atoms with Gasteiger partial charge in [-0.25, -0.2) is 9.66 Å². The van der Waals surface area contributed by atoms with Gasteiger partial charge < -0.3 is 15.2 Å². The molecule has 0 saturated heterocycles. The van der Waals surface area contributed by atoms with E-state index in [2.05, 4.69) is 15.2 Å². The highest BCUT2D eigenvalue weighted by molar-refractivity contribution is 7.99. The molecule has 3 aromatic heterocycles. The van der Waals surface area contributed by atoms with Gasteiger partial charge >= 0.3 is 0 Å². The topological polar surface area (TPSA) is 103 Å². The van der Waals surface area contributed by atoms with E-state index in [9.17, 15) is 4.79 Å². The third-order valence-electron chi connectivity index (χ3n) is 3.87. The molecule has 2 N–H and O–H groups in total. The summed E-state index contributed by atoms with van der Waals surface area (Å²) in [5, 5.41) is 9.39. The first kappa shape index (κ1) is 17.6. The zero-order chi connectivity index (χ0) is 18.8. The number of benzene rings is 1. The Bertz CT molecular complexity index is 1040. The van der Waals surface area contributed by atoms with Gasteiger partial charge in [0.1, 0.15) is 5.01 Å². The molecule has 27 heavy (non-hydrogen) atoms. The second-order valence-corrected chi connectivity index (χ2v) is 7.82. The first-order valence-electron chi connectivity index (χ1n) is 8.07. The fraction of sp³-hybridized carbons (Fsp3) is 0.176. The first-order chi connectivity index (χ1) is 13.1. The molecule has 1 aromatic carbocycles. The average molecular weight is 400 g/mol. The molecule has 4 aromatic rings. The van der Waals surface area contributed by atoms with Crippen molar-refractivity contribution in [1.29, 1.82) is 0 Å². The van der Waals surface area contributed by atoms with Crippen LogP contribution in [0.4, 0.5) is 0 Å². The number of nitrogens with zero attached hydrogens (tertiary/aromatic N) is 5. The predicted octanol–water partition coefficient (Wildman–Crippen LogP) is 2.61. The Balaban J connectivity index is 1.37. The molecular formula is C17H16N6O2S2. The molecule has 0 fully saturated rings. The smallest absolute Gasteiger partial charge is 0.233 e. The van der Waals surface area contributed by atoms with Crippen molar-refractivity contribution in [2.24, 2.45) is 0 Å². The number of nitrogen functional groups attached to an aromatic ring is 1. The summed E-state index contributed by atoms with van der Waals surface area (Å²) in [4.78, 5) is 18.7. The van der Waals surface area contributed by atoms with Gasteiger partial charge in [-0.1, -0.05) is 23.9 Å². The maximum absolute atomic E-state index is 12.4. The molecular weight excluding hydrogens is 384 g/mol. The Morgan fingerprint density at radius 3 is 2.93 bits per heavy atom. The Labute approximate surface area is 163 Å². The number of hydrogen-bond acceptors (Lipinski definition) is 8. The second-order valence-electron chi connectivity index (χ2n) is 5.77. The summed E-state index contributed by atoms with van der Waals surface area (Å²) in [5.74, 6) is 7.10. The summed E-state index contributed by atoms with van der Waals surface area (Å²) in [6.07, 6.45) is 1.54. The Hall–Kier alpha value is -2.85. The number of carbonyl (C=O) groups is 1. The number of fused-ring (bicyclic) bond motifs is 1. The van der Waals surface area contributed by atoms with Crippen LogP contribution in [0.2, 0.25) is 0 Å². The number of para-hydroxylation sites is 1. The molecule has 0 spiro atoms. The quantitative estimate of drug-likeness (QED) is 0.392. The van der Waals surface area contributed by atoms with Crippen LogP contribution in [0.5, 0.6) is 0 Å². The molecule has 0 atom stereocenters. The molecule has 0 aliphatic carbocycles. The van der Waals surface area contributed by atoms with E-state index in [1.54, 1.807) is 35.4 Å². The Morgan fingerprint density at radius 2 is 2.15 bits per heavy atom. The molecule has 0 aliphatic rings. The van der Waals surface area contributed by atoms with Crippen molar-refractivity contribution in [2.75, 3.05) is 18.6 Å². The SMILES string of the molecule is CN(Cc1nc2ccccc2s1)C(=O)CSc1nnc(-c2ccco2)n1N. The van der Waals surface area contributed by atoms with Crippen LogP contribution in [0.1, 0.15) is 5.01 Å². The van der Waals surface area contributed by atoms with Gasteiger partial charge in [0.2, 0.25) is 16.9 Å². The number of rotatable bonds is 6. The summed E-state index contributed by atoms with van der Waals surface area (Å²) >= 11 is 2.82. The summed E-state index contributed by atoms with van der Waals surface area (Å²) < 4.78 is 7.71. The number of thiazole rings is 1. The maximum atomic E-state index is 12.4. The van der Waals surface area contributed by atoms with Gasteiger partial charge in [0.15, 0.2) is 5.76 Å². The van der Waals surface area contributed by atoms with Crippen LogP contribution < -0.4 is 5.84 Å². The molecule has 0 unspecified atom stereocenters. The van der Waals surface area contributed by atoms with E-state index in [0.29, 0.717) is 23.3 Å². The van der Waals surface area contributed by atoms with Gasteiger partial charge in [-0.15, -0.1) is 21.5 Å². The Morgan fingerprint density at radius 1 is 1.30 bits per heavy atom. The Kier molecular flexibility index (Phi) is 4.82. The standard InChI is InChI=1S/C17H16N6O2S2/c1-22(9-14-19-11-5-2-3-7-13(11)27-14)15(24)10-26-17-21-20-16(23(17)18)12-6-4-8-25-12/h2-8H,9-10,18H2,1H3. The van der Waals surface area contributed by atoms with Crippen molar-refractivity contribution in [3.63, 3.8) is 0 Å². The van der Waals surface area contributed by atoms with Crippen LogP contribution >= 0.6 is 23.1 Å². The lowest BCUT2D eigenvalue weighted by molar-refractivity contribution is -0.127. The summed E-state index contributed by atoms with van der Waals surface area (Å²) in [6.45, 7) is 0.464. The molecule has 3 heterocycles. The molecule has 0 saturated carbocycles. The number of hydrogen-bond donors (Lipinski definition) is 1. The molecule has 10 heteroatoms. The molecule has 1 amide bonds. The third-order valence-corrected chi connectivity index (χ3v) is 5.82. The minimum atomic E-state index is -0.0400. The van der Waals surface area contributed by atoms with Crippen molar-refractivity contribution in [3.05, 3.63) is 47.7 Å². The zero-order valence-electron chi connectivity index (χ0n) is 14.4. The van der Waals surface area contributed by atoms with Crippen LogP contribution in [0.25, 0.3) is 21.8 Å². The van der Waals surface area contributed by atoms with Gasteiger partial charge in [-0.05, 0) is 24.3 Å². The van der Waals surface area contributed by atoms with E-state index in [-0.39, 0.29) is 11.7 Å². The van der Waals surface area contributed by atoms with Crippen molar-refractivity contribution in [3.8, 4) is 11.6 Å². The van der Waals surface area contributed by atoms with Crippen molar-refractivity contribution in [1.82, 2.24) is 24.8 Å². The predicted molar refractivity (Wildman–Crippen MR) is 105 cm³/mol. The molecule has 0 radical (unpaired) electrons. The highest BCUT2D eigenvalue weighted by Gasteiger charge is 2.17. The summed E-state index contributed by atoms with van der Waals surface area (Å²) in [6, 6.07) is 11.4. The van der Waals surface area contributed by atoms with E-state index in [0.717, 1.165) is 15.2 Å². The molecule has 0 aliphatic heterocycles. The van der Waals surface area contributed by atoms with Gasteiger partial charge in [-0.2, -0.15) is 0 Å². The number of amides is 1. The third kappa shape index (κ3) is 3.67. The van der Waals surface area contributed by atoms with Gasteiger partial charge in [0, 0.05) is 7.05 Å². The number of aromatic nitrogens is 4. The van der Waals surface area contributed by atoms with Gasteiger partial charge in [0.25, 0.3) is 0 Å². The highest BCUT2D eigenvalue weighted by atomic mass is 32.2. The highest BCUT2D eigenvalue weighted by Crippen LogP contribution is 2.24. The monoisotopic (exact) mass is 400 g/mol. The van der Waals surface area contributed by atoms with Crippen LogP contribution in [0, 0.1) is 0 Å². The normalized spacial score (nSPS) is 11.1. The van der Waals surface area contributed by atoms with E-state index in [1.807, 2.05) is 24.3 Å². The summed E-state index contributed by atoms with van der Waals surface area (Å²) in [7, 11) is 1.76. The first-order valence-corrected chi connectivity index (χ1v) is 9.87. The van der Waals surface area contributed by atoms with E-state index >= 15 is 0 Å². The number of carbonyl (C=O) groups excluding carboxylic acids is 1. The minimum absolute atomic E-state index is 0.0400. The van der Waals surface area contributed by atoms with Crippen molar-refractivity contribution >= 4 is 39.2 Å². The number of nitrogens with two attached hydrogens (primary N) is 1. The fourth-order valence-corrected chi connectivity index (χ4v) is 4.28. The largest absolute Gasteiger partial charge is 0.461 e. The van der Waals surface area contributed by atoms with Crippen LogP contribution in [-0.2, 0) is 11.3 Å². The second kappa shape index (κ2) is 7.41. The molecule has 8 nitrogen and oxygen atoms in total. The van der Waals surface area contributed by atoms with Gasteiger partial charge in [0.05, 0.1) is 28.8 Å². The summed E-state index contributed by atoms with van der Waals surface area (Å²) in [5.41, 5.74) is 0.953. The van der Waals surface area contributed by atoms with Crippen molar-refractivity contribution < 1.29 is 9.21 Å². The van der Waals surface area contributed by atoms with Crippen LogP contribution in [-0.4, -0.2) is 43.5 Å². The molecule has 0 bridgehead atoms. The molecule has 4 rings (SSSR count). The average Bonchev–Trinajstić information content (AvgIpc) is 3.38.